The smallest absolute Gasteiger partial charge is 0.305 e. The summed E-state index contributed by atoms with van der Waals surface area (Å²) in [7, 11) is 0. The van der Waals surface area contributed by atoms with Crippen molar-refractivity contribution in [2.45, 2.75) is 32.7 Å². The fourth-order valence-corrected chi connectivity index (χ4v) is 1.95. The molecule has 22 heavy (non-hydrogen) atoms. The number of carboxylic acid groups (broad SMARTS) is 1. The average molecular weight is 306 g/mol. The minimum atomic E-state index is -0.979. The molecule has 2 aromatic rings. The summed E-state index contributed by atoms with van der Waals surface area (Å²) >= 11 is 0. The Morgan fingerprint density at radius 3 is 2.68 bits per heavy atom. The number of hydrogen-bond donors (Lipinski definition) is 2. The Hall–Kier alpha value is -2.57. The van der Waals surface area contributed by atoms with Crippen molar-refractivity contribution >= 4 is 11.9 Å². The molecule has 2 aromatic heterocycles. The maximum Gasteiger partial charge on any atom is 0.305 e. The molecule has 0 fully saturated rings. The van der Waals surface area contributed by atoms with Crippen molar-refractivity contribution in [3.8, 4) is 11.5 Å². The van der Waals surface area contributed by atoms with E-state index in [1.807, 2.05) is 13.8 Å². The molecule has 0 aliphatic rings. The zero-order valence-electron chi connectivity index (χ0n) is 12.6. The summed E-state index contributed by atoms with van der Waals surface area (Å²) in [4.78, 5) is 23.3. The van der Waals surface area contributed by atoms with E-state index in [4.69, 9.17) is 14.0 Å². The van der Waals surface area contributed by atoms with E-state index in [2.05, 4.69) is 10.5 Å². The molecule has 0 aromatic carbocycles. The molecule has 1 atom stereocenters. The normalized spacial score (nSPS) is 13.8. The number of nitrogens with zero attached hydrogens (tertiary/aromatic N) is 1. The van der Waals surface area contributed by atoms with Crippen LogP contribution >= 0.6 is 0 Å². The molecular weight excluding hydrogens is 288 g/mol. The highest BCUT2D eigenvalue weighted by molar-refractivity contribution is 5.93. The van der Waals surface area contributed by atoms with E-state index in [1.165, 1.54) is 12.3 Å². The largest absolute Gasteiger partial charge is 0.481 e. The van der Waals surface area contributed by atoms with Crippen LogP contribution < -0.4 is 5.32 Å². The molecule has 0 radical (unpaired) electrons. The van der Waals surface area contributed by atoms with Crippen LogP contribution in [-0.2, 0) is 4.79 Å². The predicted molar refractivity (Wildman–Crippen MR) is 77.2 cm³/mol. The van der Waals surface area contributed by atoms with E-state index in [0.29, 0.717) is 11.5 Å². The number of carbonyl (C=O) groups is 2. The van der Waals surface area contributed by atoms with E-state index in [0.717, 1.165) is 0 Å². The molecule has 7 heteroatoms. The third-order valence-electron chi connectivity index (χ3n) is 3.70. The van der Waals surface area contributed by atoms with E-state index >= 15 is 0 Å². The number of hydrogen-bond acceptors (Lipinski definition) is 5. The van der Waals surface area contributed by atoms with Gasteiger partial charge in [0, 0.05) is 6.07 Å². The summed E-state index contributed by atoms with van der Waals surface area (Å²) in [5.74, 6) is -0.737. The van der Waals surface area contributed by atoms with Crippen LogP contribution in [0.3, 0.4) is 0 Å². The molecule has 2 heterocycles. The van der Waals surface area contributed by atoms with Crippen molar-refractivity contribution in [1.82, 2.24) is 10.5 Å². The van der Waals surface area contributed by atoms with Crippen LogP contribution in [0.1, 0.15) is 37.7 Å². The molecule has 1 unspecified atom stereocenters. The monoisotopic (exact) mass is 306 g/mol. The van der Waals surface area contributed by atoms with Gasteiger partial charge in [-0.3, -0.25) is 9.59 Å². The van der Waals surface area contributed by atoms with Crippen LogP contribution in [0, 0.1) is 5.92 Å². The molecule has 2 rings (SSSR count). The van der Waals surface area contributed by atoms with Crippen LogP contribution in [0.15, 0.2) is 33.4 Å². The summed E-state index contributed by atoms with van der Waals surface area (Å²) in [6, 6.07) is 4.83. The maximum absolute atomic E-state index is 12.3. The Morgan fingerprint density at radius 2 is 2.14 bits per heavy atom. The van der Waals surface area contributed by atoms with Crippen LogP contribution in [0.25, 0.3) is 11.5 Å². The SMILES string of the molecule is CC(C)C(C)(CC(=O)O)NC(=O)c1cc(-c2ccco2)on1. The molecule has 1 amide bonds. The van der Waals surface area contributed by atoms with Crippen molar-refractivity contribution < 1.29 is 23.6 Å². The van der Waals surface area contributed by atoms with Crippen molar-refractivity contribution in [2.24, 2.45) is 5.92 Å². The van der Waals surface area contributed by atoms with Gasteiger partial charge in [-0.1, -0.05) is 19.0 Å². The molecule has 0 spiro atoms. The minimum absolute atomic E-state index is 0.0657. The quantitative estimate of drug-likeness (QED) is 0.849. The van der Waals surface area contributed by atoms with Gasteiger partial charge in [0.1, 0.15) is 0 Å². The first-order valence-electron chi connectivity index (χ1n) is 6.87. The predicted octanol–water partition coefficient (Wildman–Crippen LogP) is 2.55. The number of aliphatic carboxylic acids is 1. The Labute approximate surface area is 127 Å². The molecule has 0 saturated heterocycles. The second-order valence-electron chi connectivity index (χ2n) is 5.65. The van der Waals surface area contributed by atoms with Gasteiger partial charge in [0.25, 0.3) is 5.91 Å². The first kappa shape index (κ1) is 15.8. The van der Waals surface area contributed by atoms with Crippen LogP contribution in [0.2, 0.25) is 0 Å². The Kier molecular flexibility index (Phi) is 4.35. The highest BCUT2D eigenvalue weighted by Gasteiger charge is 2.34. The van der Waals surface area contributed by atoms with Crippen molar-refractivity contribution in [3.05, 3.63) is 30.2 Å². The summed E-state index contributed by atoms with van der Waals surface area (Å²) < 4.78 is 10.2. The molecule has 118 valence electrons. The van der Waals surface area contributed by atoms with Gasteiger partial charge in [-0.2, -0.15) is 0 Å². The number of furan rings is 1. The maximum atomic E-state index is 12.3. The van der Waals surface area contributed by atoms with Crippen molar-refractivity contribution in [2.75, 3.05) is 0 Å². The summed E-state index contributed by atoms with van der Waals surface area (Å²) in [6.07, 6.45) is 1.31. The molecule has 0 saturated carbocycles. The number of nitrogens with one attached hydrogen (secondary N) is 1. The zero-order valence-corrected chi connectivity index (χ0v) is 12.6. The third kappa shape index (κ3) is 3.36. The number of carbonyl (C=O) groups excluding carboxylic acids is 1. The Bertz CT molecular complexity index is 659. The number of aromatic nitrogens is 1. The van der Waals surface area contributed by atoms with Gasteiger partial charge in [0.2, 0.25) is 5.76 Å². The fraction of sp³-hybridized carbons (Fsp3) is 0.400. The average Bonchev–Trinajstić information content (AvgIpc) is 3.08. The van der Waals surface area contributed by atoms with Gasteiger partial charge >= 0.3 is 5.97 Å². The highest BCUT2D eigenvalue weighted by atomic mass is 16.5. The first-order chi connectivity index (χ1) is 10.3. The summed E-state index contributed by atoms with van der Waals surface area (Å²) in [5.41, 5.74) is -0.809. The van der Waals surface area contributed by atoms with Gasteiger partial charge in [-0.05, 0) is 25.0 Å². The molecule has 7 nitrogen and oxygen atoms in total. The molecule has 0 bridgehead atoms. The number of carboxylic acids is 1. The minimum Gasteiger partial charge on any atom is -0.481 e. The molecule has 2 N–H and O–H groups in total. The number of rotatable bonds is 6. The van der Waals surface area contributed by atoms with E-state index in [1.54, 1.807) is 19.1 Å². The van der Waals surface area contributed by atoms with Crippen LogP contribution in [0.5, 0.6) is 0 Å². The topological polar surface area (TPSA) is 106 Å². The summed E-state index contributed by atoms with van der Waals surface area (Å²) in [5, 5.41) is 15.4. The Morgan fingerprint density at radius 1 is 1.41 bits per heavy atom. The number of amides is 1. The molecular formula is C15H18N2O5. The van der Waals surface area contributed by atoms with Crippen molar-refractivity contribution in [1.29, 1.82) is 0 Å². The lowest BCUT2D eigenvalue weighted by atomic mass is 9.85. The zero-order chi connectivity index (χ0) is 16.3. The molecule has 0 aliphatic carbocycles. The van der Waals surface area contributed by atoms with Gasteiger partial charge in [0.05, 0.1) is 18.2 Å². The van der Waals surface area contributed by atoms with Gasteiger partial charge in [-0.25, -0.2) is 0 Å². The third-order valence-corrected chi connectivity index (χ3v) is 3.70. The standard InChI is InChI=1S/C15H18N2O5/c1-9(2)15(3,8-13(18)19)16-14(20)10-7-12(22-17-10)11-5-4-6-21-11/h4-7,9H,8H2,1-3H3,(H,16,20)(H,18,19). The fourth-order valence-electron chi connectivity index (χ4n) is 1.95. The lowest BCUT2D eigenvalue weighted by Crippen LogP contribution is -2.51. The Balaban J connectivity index is 2.16. The van der Waals surface area contributed by atoms with Gasteiger partial charge in [-0.15, -0.1) is 0 Å². The lowest BCUT2D eigenvalue weighted by molar-refractivity contribution is -0.138. The second kappa shape index (κ2) is 6.05. The van der Waals surface area contributed by atoms with E-state index in [-0.39, 0.29) is 18.0 Å². The molecule has 0 aliphatic heterocycles. The van der Waals surface area contributed by atoms with E-state index in [9.17, 15) is 9.59 Å². The highest BCUT2D eigenvalue weighted by Crippen LogP contribution is 2.23. The lowest BCUT2D eigenvalue weighted by Gasteiger charge is -2.33. The van der Waals surface area contributed by atoms with Gasteiger partial charge < -0.3 is 19.4 Å². The van der Waals surface area contributed by atoms with E-state index < -0.39 is 17.4 Å². The van der Waals surface area contributed by atoms with Crippen molar-refractivity contribution in [3.63, 3.8) is 0 Å². The van der Waals surface area contributed by atoms with Crippen LogP contribution in [0.4, 0.5) is 0 Å². The second-order valence-corrected chi connectivity index (χ2v) is 5.65. The van der Waals surface area contributed by atoms with Crippen LogP contribution in [-0.4, -0.2) is 27.7 Å². The first-order valence-corrected chi connectivity index (χ1v) is 6.87. The van der Waals surface area contributed by atoms with Gasteiger partial charge in [0.15, 0.2) is 11.5 Å². The summed E-state index contributed by atoms with van der Waals surface area (Å²) in [6.45, 7) is 5.39.